The van der Waals surface area contributed by atoms with Crippen LogP contribution in [0, 0.1) is 13.8 Å². The maximum Gasteiger partial charge on any atom is 0.270 e. The summed E-state index contributed by atoms with van der Waals surface area (Å²) in [5.74, 6) is 0. The van der Waals surface area contributed by atoms with E-state index in [0.29, 0.717) is 0 Å². The van der Waals surface area contributed by atoms with Crippen LogP contribution in [0.1, 0.15) is 24.5 Å². The zero-order chi connectivity index (χ0) is 12.4. The minimum atomic E-state index is 0.0856. The Balaban J connectivity index is 2.49. The summed E-state index contributed by atoms with van der Waals surface area (Å²) >= 11 is 0. The third kappa shape index (κ3) is 2.18. The number of aryl methyl sites for hydroxylation is 2. The van der Waals surface area contributed by atoms with Gasteiger partial charge < -0.3 is 0 Å². The van der Waals surface area contributed by atoms with E-state index in [2.05, 4.69) is 31.1 Å². The van der Waals surface area contributed by atoms with Gasteiger partial charge in [-0.1, -0.05) is 36.8 Å². The van der Waals surface area contributed by atoms with Crippen LogP contribution in [0.5, 0.6) is 0 Å². The van der Waals surface area contributed by atoms with Crippen LogP contribution in [-0.4, -0.2) is 9.78 Å². The van der Waals surface area contributed by atoms with Gasteiger partial charge in [-0.25, -0.2) is 0 Å². The van der Waals surface area contributed by atoms with Gasteiger partial charge in [-0.15, -0.1) is 0 Å². The van der Waals surface area contributed by atoms with Crippen molar-refractivity contribution in [3.05, 3.63) is 45.7 Å². The van der Waals surface area contributed by atoms with E-state index < -0.39 is 0 Å². The average Bonchev–Trinajstić information content (AvgIpc) is 2.59. The molecule has 0 bridgehead atoms. The number of hydrogen-bond donors (Lipinski definition) is 1. The van der Waals surface area contributed by atoms with Gasteiger partial charge in [0.05, 0.1) is 5.69 Å². The molecule has 0 aliphatic rings. The van der Waals surface area contributed by atoms with Crippen molar-refractivity contribution in [3.8, 4) is 11.3 Å². The number of nitrogens with one attached hydrogen (secondary N) is 1. The molecule has 2 aromatic rings. The Labute approximate surface area is 101 Å². The van der Waals surface area contributed by atoms with E-state index in [4.69, 9.17) is 0 Å². The number of nitrogens with zero attached hydrogens (tertiary/aromatic N) is 1. The molecule has 0 radical (unpaired) electrons. The standard InChI is InChI=1S/C14H18N2O/c1-4-9-16-14(17)11(3)13(15-16)12-7-5-10(2)6-8-12/h5-8,15H,4,9H2,1-3H3. The monoisotopic (exact) mass is 230 g/mol. The van der Waals surface area contributed by atoms with Crippen LogP contribution in [-0.2, 0) is 6.54 Å². The molecule has 0 unspecified atom stereocenters. The number of hydrogen-bond acceptors (Lipinski definition) is 1. The number of aromatic amines is 1. The molecule has 17 heavy (non-hydrogen) atoms. The van der Waals surface area contributed by atoms with Crippen molar-refractivity contribution in [3.63, 3.8) is 0 Å². The molecule has 3 heteroatoms. The molecular formula is C14H18N2O. The van der Waals surface area contributed by atoms with E-state index in [-0.39, 0.29) is 5.56 Å². The molecule has 0 saturated heterocycles. The van der Waals surface area contributed by atoms with Gasteiger partial charge in [0.25, 0.3) is 5.56 Å². The molecule has 90 valence electrons. The molecule has 0 amide bonds. The molecule has 2 rings (SSSR count). The van der Waals surface area contributed by atoms with Crippen LogP contribution in [0.15, 0.2) is 29.1 Å². The molecule has 0 atom stereocenters. The van der Waals surface area contributed by atoms with Gasteiger partial charge in [0.15, 0.2) is 0 Å². The number of H-pyrrole nitrogens is 1. The molecule has 1 heterocycles. The molecule has 0 aliphatic heterocycles. The number of aromatic nitrogens is 2. The fourth-order valence-electron chi connectivity index (χ4n) is 1.96. The first kappa shape index (κ1) is 11.7. The van der Waals surface area contributed by atoms with Crippen LogP contribution in [0.3, 0.4) is 0 Å². The van der Waals surface area contributed by atoms with E-state index in [1.54, 1.807) is 4.68 Å². The second-order valence-corrected chi connectivity index (χ2v) is 4.43. The average molecular weight is 230 g/mol. The summed E-state index contributed by atoms with van der Waals surface area (Å²) < 4.78 is 1.69. The Kier molecular flexibility index (Phi) is 3.18. The van der Waals surface area contributed by atoms with E-state index in [1.165, 1.54) is 5.56 Å². The second kappa shape index (κ2) is 4.62. The molecule has 1 aromatic heterocycles. The van der Waals surface area contributed by atoms with Gasteiger partial charge in [-0.05, 0) is 25.8 Å². The summed E-state index contributed by atoms with van der Waals surface area (Å²) in [7, 11) is 0. The fraction of sp³-hybridized carbons (Fsp3) is 0.357. The summed E-state index contributed by atoms with van der Waals surface area (Å²) in [4.78, 5) is 12.0. The largest absolute Gasteiger partial charge is 0.295 e. The summed E-state index contributed by atoms with van der Waals surface area (Å²) in [6.45, 7) is 6.74. The Morgan fingerprint density at radius 1 is 1.18 bits per heavy atom. The molecule has 3 nitrogen and oxygen atoms in total. The third-order valence-electron chi connectivity index (χ3n) is 2.98. The van der Waals surface area contributed by atoms with Gasteiger partial charge >= 0.3 is 0 Å². The van der Waals surface area contributed by atoms with Gasteiger partial charge in [0, 0.05) is 12.1 Å². The minimum Gasteiger partial charge on any atom is -0.295 e. The highest BCUT2D eigenvalue weighted by atomic mass is 16.1. The summed E-state index contributed by atoms with van der Waals surface area (Å²) in [6.07, 6.45) is 0.952. The first-order valence-corrected chi connectivity index (χ1v) is 6.00. The Morgan fingerprint density at radius 2 is 1.82 bits per heavy atom. The van der Waals surface area contributed by atoms with Gasteiger partial charge in [0.2, 0.25) is 0 Å². The SMILES string of the molecule is CCCn1[nH]c(-c2ccc(C)cc2)c(C)c1=O. The molecule has 0 spiro atoms. The summed E-state index contributed by atoms with van der Waals surface area (Å²) in [6, 6.07) is 8.21. The Morgan fingerprint density at radius 3 is 2.41 bits per heavy atom. The van der Waals surface area contributed by atoms with Crippen LogP contribution in [0.2, 0.25) is 0 Å². The van der Waals surface area contributed by atoms with Crippen LogP contribution in [0.25, 0.3) is 11.3 Å². The molecular weight excluding hydrogens is 212 g/mol. The molecule has 0 fully saturated rings. The third-order valence-corrected chi connectivity index (χ3v) is 2.98. The van der Waals surface area contributed by atoms with Crippen molar-refractivity contribution in [2.75, 3.05) is 0 Å². The summed E-state index contributed by atoms with van der Waals surface area (Å²) in [5.41, 5.74) is 4.11. The maximum absolute atomic E-state index is 12.0. The van der Waals surface area contributed by atoms with Crippen molar-refractivity contribution in [1.82, 2.24) is 9.78 Å². The van der Waals surface area contributed by atoms with Gasteiger partial charge in [0.1, 0.15) is 0 Å². The van der Waals surface area contributed by atoms with Crippen LogP contribution < -0.4 is 5.56 Å². The lowest BCUT2D eigenvalue weighted by atomic mass is 10.1. The van der Waals surface area contributed by atoms with E-state index in [9.17, 15) is 4.79 Å². The van der Waals surface area contributed by atoms with Gasteiger partial charge in [-0.2, -0.15) is 0 Å². The first-order valence-electron chi connectivity index (χ1n) is 6.00. The van der Waals surface area contributed by atoms with Crippen LogP contribution in [0.4, 0.5) is 0 Å². The van der Waals surface area contributed by atoms with Crippen molar-refractivity contribution in [2.45, 2.75) is 33.7 Å². The van der Waals surface area contributed by atoms with Crippen molar-refractivity contribution in [2.24, 2.45) is 0 Å². The normalized spacial score (nSPS) is 10.8. The second-order valence-electron chi connectivity index (χ2n) is 4.43. The lowest BCUT2D eigenvalue weighted by Crippen LogP contribution is -2.17. The van der Waals surface area contributed by atoms with Crippen molar-refractivity contribution < 1.29 is 0 Å². The molecule has 1 aromatic carbocycles. The maximum atomic E-state index is 12.0. The predicted octanol–water partition coefficient (Wildman–Crippen LogP) is 2.87. The quantitative estimate of drug-likeness (QED) is 0.865. The minimum absolute atomic E-state index is 0.0856. The number of benzene rings is 1. The lowest BCUT2D eigenvalue weighted by molar-refractivity contribution is 0.586. The molecule has 0 aliphatic carbocycles. The Hall–Kier alpha value is -1.77. The number of rotatable bonds is 3. The zero-order valence-corrected chi connectivity index (χ0v) is 10.6. The molecule has 0 saturated carbocycles. The summed E-state index contributed by atoms with van der Waals surface area (Å²) in [5, 5.41) is 3.19. The smallest absolute Gasteiger partial charge is 0.270 e. The van der Waals surface area contributed by atoms with Crippen molar-refractivity contribution >= 4 is 0 Å². The van der Waals surface area contributed by atoms with E-state index in [1.807, 2.05) is 19.1 Å². The highest BCUT2D eigenvalue weighted by molar-refractivity contribution is 5.62. The van der Waals surface area contributed by atoms with Crippen LogP contribution >= 0.6 is 0 Å². The lowest BCUT2D eigenvalue weighted by Gasteiger charge is -2.01. The Bertz CT molecular complexity index is 561. The predicted molar refractivity (Wildman–Crippen MR) is 70.3 cm³/mol. The van der Waals surface area contributed by atoms with Gasteiger partial charge in [-0.3, -0.25) is 14.6 Å². The zero-order valence-electron chi connectivity index (χ0n) is 10.6. The topological polar surface area (TPSA) is 37.8 Å². The highest BCUT2D eigenvalue weighted by Crippen LogP contribution is 2.19. The highest BCUT2D eigenvalue weighted by Gasteiger charge is 2.10. The fourth-order valence-corrected chi connectivity index (χ4v) is 1.96. The van der Waals surface area contributed by atoms with Crippen molar-refractivity contribution in [1.29, 1.82) is 0 Å². The van der Waals surface area contributed by atoms with E-state index >= 15 is 0 Å². The first-order chi connectivity index (χ1) is 8.13. The molecule has 1 N–H and O–H groups in total. The van der Waals surface area contributed by atoms with E-state index in [0.717, 1.165) is 29.8 Å².